The van der Waals surface area contributed by atoms with Gasteiger partial charge in [-0.15, -0.1) is 0 Å². The van der Waals surface area contributed by atoms with E-state index in [1.807, 2.05) is 6.20 Å². The van der Waals surface area contributed by atoms with Crippen molar-refractivity contribution in [3.05, 3.63) is 93.8 Å². The van der Waals surface area contributed by atoms with Crippen molar-refractivity contribution in [2.24, 2.45) is 0 Å². The SMILES string of the molecule is Cc1ccc(C)c(Cn2c(C)c(C)c3ccnc(N4CCc5ccccc5C4)c32)c1. The lowest BCUT2D eigenvalue weighted by Crippen LogP contribution is -2.31. The minimum absolute atomic E-state index is 0.882. The number of fused-ring (bicyclic) bond motifs is 2. The third kappa shape index (κ3) is 3.09. The molecule has 3 nitrogen and oxygen atoms in total. The van der Waals surface area contributed by atoms with Gasteiger partial charge in [0.2, 0.25) is 0 Å². The topological polar surface area (TPSA) is 21.1 Å². The molecule has 3 heterocycles. The first kappa shape index (κ1) is 18.9. The van der Waals surface area contributed by atoms with E-state index in [4.69, 9.17) is 4.98 Å². The quantitative estimate of drug-likeness (QED) is 0.432. The van der Waals surface area contributed by atoms with E-state index in [1.54, 1.807) is 0 Å². The average Bonchev–Trinajstić information content (AvgIpc) is 3.01. The molecule has 2 aromatic heterocycles. The molecule has 5 rings (SSSR count). The van der Waals surface area contributed by atoms with Gasteiger partial charge in [-0.25, -0.2) is 4.98 Å². The third-order valence-electron chi connectivity index (χ3n) is 6.79. The number of hydrogen-bond donors (Lipinski definition) is 0. The van der Waals surface area contributed by atoms with Gasteiger partial charge in [-0.2, -0.15) is 0 Å². The molecule has 1 aliphatic rings. The van der Waals surface area contributed by atoms with Gasteiger partial charge in [0.25, 0.3) is 0 Å². The molecule has 3 heteroatoms. The summed E-state index contributed by atoms with van der Waals surface area (Å²) in [6.45, 7) is 11.7. The van der Waals surface area contributed by atoms with E-state index < -0.39 is 0 Å². The predicted octanol–water partition coefficient (Wildman–Crippen LogP) is 5.88. The number of hydrogen-bond acceptors (Lipinski definition) is 2. The zero-order chi connectivity index (χ0) is 20.8. The van der Waals surface area contributed by atoms with Crippen molar-refractivity contribution in [3.8, 4) is 0 Å². The highest BCUT2D eigenvalue weighted by Crippen LogP contribution is 2.34. The minimum atomic E-state index is 0.882. The molecule has 0 aliphatic carbocycles. The molecule has 152 valence electrons. The summed E-state index contributed by atoms with van der Waals surface area (Å²) in [6.07, 6.45) is 3.05. The van der Waals surface area contributed by atoms with Crippen LogP contribution >= 0.6 is 0 Å². The largest absolute Gasteiger partial charge is 0.350 e. The van der Waals surface area contributed by atoms with Crippen molar-refractivity contribution in [3.63, 3.8) is 0 Å². The van der Waals surface area contributed by atoms with Crippen molar-refractivity contribution in [1.29, 1.82) is 0 Å². The van der Waals surface area contributed by atoms with E-state index >= 15 is 0 Å². The molecule has 0 bridgehead atoms. The van der Waals surface area contributed by atoms with Crippen LogP contribution in [0.25, 0.3) is 10.9 Å². The number of anilines is 1. The Kier molecular flexibility index (Phi) is 4.62. The Hall–Kier alpha value is -3.07. The van der Waals surface area contributed by atoms with Crippen LogP contribution in [0, 0.1) is 27.7 Å². The summed E-state index contributed by atoms with van der Waals surface area (Å²) in [5.41, 5.74) is 10.9. The van der Waals surface area contributed by atoms with Crippen molar-refractivity contribution in [2.45, 2.75) is 47.2 Å². The van der Waals surface area contributed by atoms with Gasteiger partial charge in [-0.1, -0.05) is 48.0 Å². The van der Waals surface area contributed by atoms with E-state index in [-0.39, 0.29) is 0 Å². The van der Waals surface area contributed by atoms with E-state index in [0.717, 1.165) is 31.9 Å². The average molecular weight is 396 g/mol. The van der Waals surface area contributed by atoms with Crippen molar-refractivity contribution >= 4 is 16.7 Å². The van der Waals surface area contributed by atoms with Crippen LogP contribution in [0.2, 0.25) is 0 Å². The van der Waals surface area contributed by atoms with Gasteiger partial charge < -0.3 is 9.47 Å². The number of nitrogens with zero attached hydrogens (tertiary/aromatic N) is 3. The summed E-state index contributed by atoms with van der Waals surface area (Å²) in [5.74, 6) is 1.11. The van der Waals surface area contributed by atoms with Gasteiger partial charge >= 0.3 is 0 Å². The maximum atomic E-state index is 4.91. The lowest BCUT2D eigenvalue weighted by molar-refractivity contribution is 0.717. The van der Waals surface area contributed by atoms with Crippen LogP contribution in [0.5, 0.6) is 0 Å². The fourth-order valence-electron chi connectivity index (χ4n) is 4.82. The summed E-state index contributed by atoms with van der Waals surface area (Å²) in [4.78, 5) is 7.37. The smallest absolute Gasteiger partial charge is 0.153 e. The molecule has 0 unspecified atom stereocenters. The number of rotatable bonds is 3. The second-order valence-corrected chi connectivity index (χ2v) is 8.70. The van der Waals surface area contributed by atoms with Crippen LogP contribution in [-0.2, 0) is 19.5 Å². The molecule has 0 saturated heterocycles. The first-order chi connectivity index (χ1) is 14.5. The summed E-state index contributed by atoms with van der Waals surface area (Å²) in [6, 6.07) is 17.7. The van der Waals surface area contributed by atoms with E-state index in [2.05, 4.69) is 85.7 Å². The second kappa shape index (κ2) is 7.32. The predicted molar refractivity (Wildman–Crippen MR) is 125 cm³/mol. The van der Waals surface area contributed by atoms with E-state index in [0.29, 0.717) is 0 Å². The summed E-state index contributed by atoms with van der Waals surface area (Å²) in [7, 11) is 0. The highest BCUT2D eigenvalue weighted by atomic mass is 15.2. The van der Waals surface area contributed by atoms with Crippen molar-refractivity contribution < 1.29 is 0 Å². The highest BCUT2D eigenvalue weighted by molar-refractivity contribution is 5.93. The van der Waals surface area contributed by atoms with Gasteiger partial charge in [0.1, 0.15) is 0 Å². The molecule has 0 fully saturated rings. The lowest BCUT2D eigenvalue weighted by Gasteiger charge is -2.30. The summed E-state index contributed by atoms with van der Waals surface area (Å²) in [5, 5.41) is 1.32. The summed E-state index contributed by atoms with van der Waals surface area (Å²) >= 11 is 0. The molecule has 0 N–H and O–H groups in total. The number of aryl methyl sites for hydroxylation is 3. The summed E-state index contributed by atoms with van der Waals surface area (Å²) < 4.78 is 2.48. The zero-order valence-electron chi connectivity index (χ0n) is 18.4. The van der Waals surface area contributed by atoms with E-state index in [9.17, 15) is 0 Å². The standard InChI is InChI=1S/C27H29N3/c1-18-9-10-19(2)24(15-18)17-30-21(4)20(3)25-11-13-28-27(26(25)30)29-14-12-22-7-5-6-8-23(22)16-29/h5-11,13,15H,12,14,16-17H2,1-4H3. The van der Waals surface area contributed by atoms with Crippen LogP contribution in [0.15, 0.2) is 54.7 Å². The monoisotopic (exact) mass is 395 g/mol. The normalized spacial score (nSPS) is 13.7. The molecule has 0 saturated carbocycles. The van der Waals surface area contributed by atoms with Gasteiger partial charge in [0.15, 0.2) is 5.82 Å². The second-order valence-electron chi connectivity index (χ2n) is 8.70. The Morgan fingerprint density at radius 3 is 2.57 bits per heavy atom. The highest BCUT2D eigenvalue weighted by Gasteiger charge is 2.23. The van der Waals surface area contributed by atoms with Gasteiger partial charge in [0, 0.05) is 36.9 Å². The van der Waals surface area contributed by atoms with Crippen LogP contribution in [0.3, 0.4) is 0 Å². The Morgan fingerprint density at radius 2 is 1.73 bits per heavy atom. The maximum absolute atomic E-state index is 4.91. The minimum Gasteiger partial charge on any atom is -0.350 e. The Bertz CT molecular complexity index is 1250. The van der Waals surface area contributed by atoms with Gasteiger partial charge in [0.05, 0.1) is 5.52 Å². The number of pyridine rings is 1. The van der Waals surface area contributed by atoms with Crippen molar-refractivity contribution in [1.82, 2.24) is 9.55 Å². The van der Waals surface area contributed by atoms with E-state index in [1.165, 1.54) is 50.0 Å². The first-order valence-electron chi connectivity index (χ1n) is 10.8. The van der Waals surface area contributed by atoms with Gasteiger partial charge in [-0.3, -0.25) is 0 Å². The van der Waals surface area contributed by atoms with Crippen molar-refractivity contribution in [2.75, 3.05) is 11.4 Å². The molecular formula is C27H29N3. The number of aromatic nitrogens is 2. The lowest BCUT2D eigenvalue weighted by atomic mass is 10.00. The molecule has 0 amide bonds. The fourth-order valence-corrected chi connectivity index (χ4v) is 4.82. The molecule has 30 heavy (non-hydrogen) atoms. The molecule has 0 radical (unpaired) electrons. The number of benzene rings is 2. The fraction of sp³-hybridized carbons (Fsp3) is 0.296. The van der Waals surface area contributed by atoms with Gasteiger partial charge in [-0.05, 0) is 68.0 Å². The molecule has 0 spiro atoms. The maximum Gasteiger partial charge on any atom is 0.153 e. The molecule has 0 atom stereocenters. The van der Waals surface area contributed by atoms with Crippen LogP contribution in [0.4, 0.5) is 5.82 Å². The molecule has 4 aromatic rings. The van der Waals surface area contributed by atoms with Crippen LogP contribution in [0.1, 0.15) is 39.1 Å². The first-order valence-corrected chi connectivity index (χ1v) is 10.8. The zero-order valence-corrected chi connectivity index (χ0v) is 18.4. The van der Waals surface area contributed by atoms with Crippen LogP contribution in [-0.4, -0.2) is 16.1 Å². The molecule has 1 aliphatic heterocycles. The molecular weight excluding hydrogens is 366 g/mol. The Labute approximate surface area is 179 Å². The Balaban J connectivity index is 1.64. The third-order valence-corrected chi connectivity index (χ3v) is 6.79. The Morgan fingerprint density at radius 1 is 0.933 bits per heavy atom. The molecule has 2 aromatic carbocycles. The van der Waals surface area contributed by atoms with Crippen LogP contribution < -0.4 is 4.90 Å².